The second kappa shape index (κ2) is 5.86. The quantitative estimate of drug-likeness (QED) is 0.579. The lowest BCUT2D eigenvalue weighted by Gasteiger charge is -2.31. The third kappa shape index (κ3) is 2.73. The van der Waals surface area contributed by atoms with E-state index in [1.165, 1.54) is 11.8 Å². The molecule has 4 rings (SSSR count). The molecule has 0 unspecified atom stereocenters. The molecule has 1 atom stereocenters. The largest absolute Gasteiger partial charge is 0.347 e. The average molecular weight is 343 g/mol. The summed E-state index contributed by atoms with van der Waals surface area (Å²) in [5.74, 6) is 1.28. The number of imidazole rings is 1. The van der Waals surface area contributed by atoms with Crippen LogP contribution in [0.1, 0.15) is 30.1 Å². The van der Waals surface area contributed by atoms with Crippen LogP contribution in [0.25, 0.3) is 11.0 Å². The molecule has 0 radical (unpaired) electrons. The molecule has 0 amide bonds. The maximum Gasteiger partial charge on any atom is 0.345 e. The number of H-pyrrole nitrogens is 1. The van der Waals surface area contributed by atoms with E-state index in [2.05, 4.69) is 33.9 Å². The third-order valence-electron chi connectivity index (χ3n) is 4.40. The fourth-order valence-corrected chi connectivity index (χ4v) is 3.97. The van der Waals surface area contributed by atoms with Gasteiger partial charge in [0, 0.05) is 19.0 Å². The SMILES string of the molecule is Cc1ccc2nc([C@H]3CCCN(c4ncc([N+](=O)[O-])s4)C3)[nH]c2c1. The number of nitro groups is 1. The zero-order valence-corrected chi connectivity index (χ0v) is 14.0. The summed E-state index contributed by atoms with van der Waals surface area (Å²) in [5, 5.41) is 11.7. The Labute approximate surface area is 142 Å². The standard InChI is InChI=1S/C16H17N5O2S/c1-10-4-5-12-13(7-10)19-15(18-12)11-3-2-6-20(9-11)16-17-8-14(24-16)21(22)23/h4-5,7-8,11H,2-3,6,9H2,1H3,(H,18,19)/t11-/m0/s1. The van der Waals surface area contributed by atoms with Gasteiger partial charge in [-0.3, -0.25) is 10.1 Å². The molecule has 1 aliphatic heterocycles. The number of fused-ring (bicyclic) bond motifs is 1. The van der Waals surface area contributed by atoms with Crippen LogP contribution < -0.4 is 4.90 Å². The Morgan fingerprint density at radius 3 is 3.12 bits per heavy atom. The lowest BCUT2D eigenvalue weighted by Crippen LogP contribution is -2.34. The lowest BCUT2D eigenvalue weighted by molar-refractivity contribution is -0.380. The van der Waals surface area contributed by atoms with Crippen LogP contribution in [0.2, 0.25) is 0 Å². The highest BCUT2D eigenvalue weighted by molar-refractivity contribution is 7.18. The first-order chi connectivity index (χ1) is 11.6. The van der Waals surface area contributed by atoms with E-state index in [0.29, 0.717) is 0 Å². The lowest BCUT2D eigenvalue weighted by atomic mass is 9.98. The van der Waals surface area contributed by atoms with E-state index >= 15 is 0 Å². The maximum absolute atomic E-state index is 10.9. The van der Waals surface area contributed by atoms with Crippen LogP contribution >= 0.6 is 11.3 Å². The summed E-state index contributed by atoms with van der Waals surface area (Å²) in [4.78, 5) is 25.0. The molecule has 24 heavy (non-hydrogen) atoms. The molecule has 7 nitrogen and oxygen atoms in total. The Morgan fingerprint density at radius 1 is 1.46 bits per heavy atom. The van der Waals surface area contributed by atoms with Gasteiger partial charge in [0.25, 0.3) is 0 Å². The Kier molecular flexibility index (Phi) is 3.68. The molecular formula is C16H17N5O2S. The highest BCUT2D eigenvalue weighted by Crippen LogP contribution is 2.34. The number of aryl methyl sites for hydroxylation is 1. The monoisotopic (exact) mass is 343 g/mol. The van der Waals surface area contributed by atoms with E-state index in [1.54, 1.807) is 0 Å². The minimum Gasteiger partial charge on any atom is -0.347 e. The molecule has 124 valence electrons. The van der Waals surface area contributed by atoms with Crippen molar-refractivity contribution in [3.05, 3.63) is 45.9 Å². The predicted molar refractivity (Wildman–Crippen MR) is 93.8 cm³/mol. The van der Waals surface area contributed by atoms with Gasteiger partial charge >= 0.3 is 5.00 Å². The average Bonchev–Trinajstić information content (AvgIpc) is 3.21. The number of nitrogens with zero attached hydrogens (tertiary/aromatic N) is 4. The Balaban J connectivity index is 1.57. The number of benzene rings is 1. The van der Waals surface area contributed by atoms with Crippen molar-refractivity contribution >= 4 is 32.5 Å². The van der Waals surface area contributed by atoms with Crippen LogP contribution in [0.4, 0.5) is 10.1 Å². The molecule has 3 heterocycles. The highest BCUT2D eigenvalue weighted by atomic mass is 32.1. The maximum atomic E-state index is 10.9. The molecule has 8 heteroatoms. The molecule has 2 aromatic heterocycles. The van der Waals surface area contributed by atoms with E-state index in [0.717, 1.165) is 59.3 Å². The minimum absolute atomic E-state index is 0.0892. The number of aromatic nitrogens is 3. The van der Waals surface area contributed by atoms with E-state index in [4.69, 9.17) is 4.98 Å². The van der Waals surface area contributed by atoms with E-state index in [-0.39, 0.29) is 15.8 Å². The second-order valence-electron chi connectivity index (χ2n) is 6.17. The van der Waals surface area contributed by atoms with Gasteiger partial charge in [-0.1, -0.05) is 6.07 Å². The first kappa shape index (κ1) is 15.1. The smallest absolute Gasteiger partial charge is 0.345 e. The van der Waals surface area contributed by atoms with Gasteiger partial charge in [0.2, 0.25) is 0 Å². The van der Waals surface area contributed by atoms with Crippen molar-refractivity contribution in [3.8, 4) is 0 Å². The van der Waals surface area contributed by atoms with Gasteiger partial charge in [0.1, 0.15) is 12.0 Å². The van der Waals surface area contributed by atoms with Crippen molar-refractivity contribution in [1.82, 2.24) is 15.0 Å². The van der Waals surface area contributed by atoms with Crippen molar-refractivity contribution in [2.75, 3.05) is 18.0 Å². The summed E-state index contributed by atoms with van der Waals surface area (Å²) in [5.41, 5.74) is 3.25. The first-order valence-electron chi connectivity index (χ1n) is 7.91. The molecule has 1 saturated heterocycles. The Bertz CT molecular complexity index is 903. The van der Waals surface area contributed by atoms with Gasteiger partial charge in [-0.15, -0.1) is 0 Å². The molecule has 1 fully saturated rings. The molecule has 3 aromatic rings. The van der Waals surface area contributed by atoms with E-state index < -0.39 is 0 Å². The first-order valence-corrected chi connectivity index (χ1v) is 8.73. The predicted octanol–water partition coefficient (Wildman–Crippen LogP) is 3.62. The summed E-state index contributed by atoms with van der Waals surface area (Å²) in [7, 11) is 0. The van der Waals surface area contributed by atoms with Crippen molar-refractivity contribution in [2.45, 2.75) is 25.7 Å². The van der Waals surface area contributed by atoms with E-state index in [9.17, 15) is 10.1 Å². The van der Waals surface area contributed by atoms with Gasteiger partial charge in [0.15, 0.2) is 5.13 Å². The van der Waals surface area contributed by atoms with Crippen molar-refractivity contribution < 1.29 is 4.92 Å². The van der Waals surface area contributed by atoms with Crippen LogP contribution in [0, 0.1) is 17.0 Å². The van der Waals surface area contributed by atoms with Gasteiger partial charge in [0.05, 0.1) is 16.0 Å². The minimum atomic E-state index is -0.385. The summed E-state index contributed by atoms with van der Waals surface area (Å²) in [6, 6.07) is 6.21. The molecule has 0 aliphatic carbocycles. The third-order valence-corrected chi connectivity index (χ3v) is 5.41. The van der Waals surface area contributed by atoms with Crippen molar-refractivity contribution in [1.29, 1.82) is 0 Å². The summed E-state index contributed by atoms with van der Waals surface area (Å²) >= 11 is 1.14. The number of aromatic amines is 1. The summed E-state index contributed by atoms with van der Waals surface area (Å²) in [6.45, 7) is 3.72. The molecule has 0 spiro atoms. The molecule has 0 saturated carbocycles. The van der Waals surface area contributed by atoms with Crippen LogP contribution in [0.3, 0.4) is 0 Å². The number of nitrogens with one attached hydrogen (secondary N) is 1. The topological polar surface area (TPSA) is 87.9 Å². The molecule has 1 N–H and O–H groups in total. The van der Waals surface area contributed by atoms with Gasteiger partial charge < -0.3 is 9.88 Å². The van der Waals surface area contributed by atoms with Crippen LogP contribution in [-0.4, -0.2) is 33.0 Å². The number of piperidine rings is 1. The Morgan fingerprint density at radius 2 is 2.33 bits per heavy atom. The van der Waals surface area contributed by atoms with Crippen molar-refractivity contribution in [3.63, 3.8) is 0 Å². The molecular weight excluding hydrogens is 326 g/mol. The zero-order chi connectivity index (χ0) is 16.7. The van der Waals surface area contributed by atoms with Crippen LogP contribution in [0.5, 0.6) is 0 Å². The number of hydrogen-bond acceptors (Lipinski definition) is 6. The molecule has 1 aromatic carbocycles. The normalized spacial score (nSPS) is 18.2. The second-order valence-corrected chi connectivity index (χ2v) is 7.15. The fraction of sp³-hybridized carbons (Fsp3) is 0.375. The Hall–Kier alpha value is -2.48. The summed E-state index contributed by atoms with van der Waals surface area (Å²) < 4.78 is 0. The van der Waals surface area contributed by atoms with Gasteiger partial charge in [-0.05, 0) is 48.8 Å². The molecule has 1 aliphatic rings. The van der Waals surface area contributed by atoms with Crippen LogP contribution in [0.15, 0.2) is 24.4 Å². The number of rotatable bonds is 3. The zero-order valence-electron chi connectivity index (χ0n) is 13.2. The van der Waals surface area contributed by atoms with Gasteiger partial charge in [-0.25, -0.2) is 9.97 Å². The number of hydrogen-bond donors (Lipinski definition) is 1. The fourth-order valence-electron chi connectivity index (χ4n) is 3.20. The molecule has 0 bridgehead atoms. The van der Waals surface area contributed by atoms with E-state index in [1.807, 2.05) is 6.07 Å². The van der Waals surface area contributed by atoms with Crippen LogP contribution in [-0.2, 0) is 0 Å². The highest BCUT2D eigenvalue weighted by Gasteiger charge is 2.26. The number of anilines is 1. The van der Waals surface area contributed by atoms with Gasteiger partial charge in [-0.2, -0.15) is 0 Å². The van der Waals surface area contributed by atoms with Crippen molar-refractivity contribution in [2.24, 2.45) is 0 Å². The summed E-state index contributed by atoms with van der Waals surface area (Å²) in [6.07, 6.45) is 3.42. The number of thiazole rings is 1.